The van der Waals surface area contributed by atoms with Crippen molar-refractivity contribution in [1.82, 2.24) is 19.7 Å². The summed E-state index contributed by atoms with van der Waals surface area (Å²) in [6, 6.07) is 12.8. The molecular weight excluding hydrogens is 387 g/mol. The van der Waals surface area contributed by atoms with E-state index in [1.165, 1.54) is 18.2 Å². The van der Waals surface area contributed by atoms with Gasteiger partial charge in [0.05, 0.1) is 6.54 Å². The molecule has 2 aromatic carbocycles. The molecule has 156 valence electrons. The molecule has 3 rings (SSSR count). The lowest BCUT2D eigenvalue weighted by molar-refractivity contribution is 0.0939. The molecule has 1 amide bonds. The second kappa shape index (κ2) is 8.86. The first kappa shape index (κ1) is 21.2. The van der Waals surface area contributed by atoms with Crippen LogP contribution in [-0.4, -0.2) is 26.8 Å². The van der Waals surface area contributed by atoms with E-state index in [2.05, 4.69) is 10.4 Å². The zero-order valence-corrected chi connectivity index (χ0v) is 17.1. The molecule has 1 heterocycles. The number of carbonyl (C=O) groups excluding carboxylic acids is 1. The van der Waals surface area contributed by atoms with Crippen LogP contribution in [0.3, 0.4) is 0 Å². The van der Waals surface area contributed by atoms with E-state index in [4.69, 9.17) is 0 Å². The number of hydrogen-bond acceptors (Lipinski definition) is 4. The summed E-state index contributed by atoms with van der Waals surface area (Å²) < 4.78 is 16.0. The molecule has 0 saturated heterocycles. The molecule has 0 atom stereocenters. The molecule has 0 aliphatic heterocycles. The van der Waals surface area contributed by atoms with Crippen molar-refractivity contribution in [3.05, 3.63) is 92.0 Å². The Morgan fingerprint density at radius 3 is 2.43 bits per heavy atom. The molecule has 3 aromatic rings. The molecule has 0 aliphatic rings. The lowest BCUT2D eigenvalue weighted by Gasteiger charge is -2.14. The SMILES string of the molecule is Cc1ccccc1Cn1c(=O)c(C(=O)NCC(C)C)nn(-c2ccccc2F)c1=O. The minimum absolute atomic E-state index is 0.0637. The Morgan fingerprint density at radius 2 is 1.77 bits per heavy atom. The molecule has 0 spiro atoms. The predicted molar refractivity (Wildman–Crippen MR) is 112 cm³/mol. The first-order valence-electron chi connectivity index (χ1n) is 9.61. The number of para-hydroxylation sites is 1. The number of rotatable bonds is 6. The van der Waals surface area contributed by atoms with Crippen LogP contribution < -0.4 is 16.6 Å². The molecule has 0 aliphatic carbocycles. The number of benzene rings is 2. The lowest BCUT2D eigenvalue weighted by Crippen LogP contribution is -2.46. The van der Waals surface area contributed by atoms with Gasteiger partial charge >= 0.3 is 5.69 Å². The first-order valence-corrected chi connectivity index (χ1v) is 9.61. The van der Waals surface area contributed by atoms with Gasteiger partial charge in [0.25, 0.3) is 11.5 Å². The van der Waals surface area contributed by atoms with Gasteiger partial charge < -0.3 is 5.32 Å². The third-order valence-electron chi connectivity index (χ3n) is 4.62. The highest BCUT2D eigenvalue weighted by molar-refractivity contribution is 5.91. The number of aryl methyl sites for hydroxylation is 1. The van der Waals surface area contributed by atoms with Crippen molar-refractivity contribution in [1.29, 1.82) is 0 Å². The summed E-state index contributed by atoms with van der Waals surface area (Å²) in [5.41, 5.74) is -0.641. The number of aromatic nitrogens is 3. The van der Waals surface area contributed by atoms with Gasteiger partial charge in [-0.15, -0.1) is 0 Å². The van der Waals surface area contributed by atoms with Gasteiger partial charge in [-0.25, -0.2) is 9.18 Å². The van der Waals surface area contributed by atoms with E-state index in [0.29, 0.717) is 6.54 Å². The van der Waals surface area contributed by atoms with Gasteiger partial charge in [0.1, 0.15) is 11.5 Å². The van der Waals surface area contributed by atoms with Crippen LogP contribution in [0.25, 0.3) is 5.69 Å². The van der Waals surface area contributed by atoms with Crippen LogP contribution in [0.1, 0.15) is 35.5 Å². The van der Waals surface area contributed by atoms with Crippen molar-refractivity contribution in [2.75, 3.05) is 6.54 Å². The number of nitrogens with one attached hydrogen (secondary N) is 1. The number of carbonyl (C=O) groups is 1. The van der Waals surface area contributed by atoms with Crippen LogP contribution in [0, 0.1) is 18.7 Å². The van der Waals surface area contributed by atoms with Crippen LogP contribution in [0.5, 0.6) is 0 Å². The van der Waals surface area contributed by atoms with Gasteiger partial charge in [-0.1, -0.05) is 50.2 Å². The highest BCUT2D eigenvalue weighted by Crippen LogP contribution is 2.10. The van der Waals surface area contributed by atoms with E-state index >= 15 is 0 Å². The van der Waals surface area contributed by atoms with Gasteiger partial charge in [0.15, 0.2) is 0 Å². The Morgan fingerprint density at radius 1 is 1.10 bits per heavy atom. The van der Waals surface area contributed by atoms with Crippen molar-refractivity contribution < 1.29 is 9.18 Å². The summed E-state index contributed by atoms with van der Waals surface area (Å²) in [4.78, 5) is 38.7. The molecule has 0 bridgehead atoms. The summed E-state index contributed by atoms with van der Waals surface area (Å²) in [5, 5.41) is 6.55. The Labute approximate surface area is 172 Å². The predicted octanol–water partition coefficient (Wildman–Crippen LogP) is 2.28. The normalized spacial score (nSPS) is 11.0. The van der Waals surface area contributed by atoms with Crippen LogP contribution >= 0.6 is 0 Å². The average molecular weight is 410 g/mol. The van der Waals surface area contributed by atoms with Crippen LogP contribution in [0.4, 0.5) is 4.39 Å². The molecule has 8 heteroatoms. The Bertz CT molecular complexity index is 1200. The maximum absolute atomic E-state index is 14.4. The number of halogens is 1. The maximum Gasteiger partial charge on any atom is 0.352 e. The second-order valence-corrected chi connectivity index (χ2v) is 7.42. The van der Waals surface area contributed by atoms with Crippen molar-refractivity contribution in [2.45, 2.75) is 27.3 Å². The van der Waals surface area contributed by atoms with Crippen LogP contribution in [-0.2, 0) is 6.54 Å². The van der Waals surface area contributed by atoms with Crippen molar-refractivity contribution in [3.8, 4) is 5.69 Å². The van der Waals surface area contributed by atoms with E-state index in [-0.39, 0.29) is 18.2 Å². The van der Waals surface area contributed by atoms with Gasteiger partial charge in [-0.3, -0.25) is 14.2 Å². The third kappa shape index (κ3) is 4.37. The van der Waals surface area contributed by atoms with Crippen LogP contribution in [0.2, 0.25) is 0 Å². The fourth-order valence-corrected chi connectivity index (χ4v) is 2.92. The lowest BCUT2D eigenvalue weighted by atomic mass is 10.1. The fraction of sp³-hybridized carbons (Fsp3) is 0.273. The Kier molecular flexibility index (Phi) is 6.25. The molecule has 30 heavy (non-hydrogen) atoms. The molecule has 0 unspecified atom stereocenters. The summed E-state index contributed by atoms with van der Waals surface area (Å²) in [5.74, 6) is -1.25. The topological polar surface area (TPSA) is 86.0 Å². The van der Waals surface area contributed by atoms with E-state index in [1.54, 1.807) is 18.2 Å². The second-order valence-electron chi connectivity index (χ2n) is 7.42. The summed E-state index contributed by atoms with van der Waals surface area (Å²) in [6.45, 7) is 5.93. The molecule has 7 nitrogen and oxygen atoms in total. The molecular formula is C22H23FN4O3. The summed E-state index contributed by atoms with van der Waals surface area (Å²) in [7, 11) is 0. The van der Waals surface area contributed by atoms with Crippen molar-refractivity contribution >= 4 is 5.91 Å². The minimum atomic E-state index is -0.825. The van der Waals surface area contributed by atoms with E-state index in [0.717, 1.165) is 20.4 Å². The largest absolute Gasteiger partial charge is 0.352 e. The smallest absolute Gasteiger partial charge is 0.350 e. The molecule has 0 fully saturated rings. The van der Waals surface area contributed by atoms with Gasteiger partial charge in [0, 0.05) is 6.54 Å². The molecule has 1 N–H and O–H groups in total. The number of nitrogens with zero attached hydrogens (tertiary/aromatic N) is 3. The fourth-order valence-electron chi connectivity index (χ4n) is 2.92. The first-order chi connectivity index (χ1) is 14.3. The summed E-state index contributed by atoms with van der Waals surface area (Å²) in [6.07, 6.45) is 0. The maximum atomic E-state index is 14.4. The highest BCUT2D eigenvalue weighted by atomic mass is 19.1. The van der Waals surface area contributed by atoms with Gasteiger partial charge in [0.2, 0.25) is 5.69 Å². The van der Waals surface area contributed by atoms with E-state index in [1.807, 2.05) is 32.9 Å². The molecule has 0 saturated carbocycles. The quantitative estimate of drug-likeness (QED) is 0.676. The molecule has 1 aromatic heterocycles. The minimum Gasteiger partial charge on any atom is -0.350 e. The number of hydrogen-bond donors (Lipinski definition) is 1. The average Bonchev–Trinajstić information content (AvgIpc) is 2.71. The van der Waals surface area contributed by atoms with Crippen molar-refractivity contribution in [3.63, 3.8) is 0 Å². The highest BCUT2D eigenvalue weighted by Gasteiger charge is 2.21. The zero-order chi connectivity index (χ0) is 21.8. The Hall–Kier alpha value is -3.55. The molecule has 0 radical (unpaired) electrons. The zero-order valence-electron chi connectivity index (χ0n) is 17.1. The van der Waals surface area contributed by atoms with Gasteiger partial charge in [-0.05, 0) is 36.1 Å². The van der Waals surface area contributed by atoms with E-state index < -0.39 is 28.7 Å². The summed E-state index contributed by atoms with van der Waals surface area (Å²) >= 11 is 0. The number of amides is 1. The monoisotopic (exact) mass is 410 g/mol. The van der Waals surface area contributed by atoms with Crippen molar-refractivity contribution in [2.24, 2.45) is 5.92 Å². The van der Waals surface area contributed by atoms with E-state index in [9.17, 15) is 18.8 Å². The Balaban J connectivity index is 2.21. The third-order valence-corrected chi connectivity index (χ3v) is 4.62. The standard InChI is InChI=1S/C22H23FN4O3/c1-14(2)12-24-20(28)19-21(29)26(13-16-9-5-4-8-15(16)3)22(30)27(25-19)18-11-7-6-10-17(18)23/h4-11,14H,12-13H2,1-3H3,(H,24,28). The van der Waals surface area contributed by atoms with Crippen LogP contribution in [0.15, 0.2) is 58.1 Å². The van der Waals surface area contributed by atoms with Gasteiger partial charge in [-0.2, -0.15) is 9.78 Å².